The van der Waals surface area contributed by atoms with E-state index in [9.17, 15) is 4.79 Å². The minimum absolute atomic E-state index is 0.0909. The normalized spacial score (nSPS) is 11.2. The maximum atomic E-state index is 11.7. The van der Waals surface area contributed by atoms with Crippen molar-refractivity contribution in [3.63, 3.8) is 0 Å². The Bertz CT molecular complexity index is 351. The van der Waals surface area contributed by atoms with Crippen LogP contribution in [0.1, 0.15) is 27.2 Å². The molecule has 4 nitrogen and oxygen atoms in total. The first-order valence-electron chi connectivity index (χ1n) is 6.11. The van der Waals surface area contributed by atoms with Crippen molar-refractivity contribution in [1.82, 2.24) is 14.5 Å². The molecule has 0 atom stereocenters. The molecule has 0 spiro atoms. The number of aromatic nitrogens is 2. The highest BCUT2D eigenvalue weighted by Crippen LogP contribution is 1.95. The zero-order valence-corrected chi connectivity index (χ0v) is 10.6. The van der Waals surface area contributed by atoms with Crippen LogP contribution in [0.15, 0.2) is 17.2 Å². The highest BCUT2D eigenvalue weighted by molar-refractivity contribution is 4.81. The molecule has 0 saturated carbocycles. The predicted octanol–water partition coefficient (Wildman–Crippen LogP) is 1.31. The first-order valence-corrected chi connectivity index (χ1v) is 6.11. The molecule has 0 bridgehead atoms. The van der Waals surface area contributed by atoms with Gasteiger partial charge in [0.1, 0.15) is 0 Å². The molecule has 0 unspecified atom stereocenters. The highest BCUT2D eigenvalue weighted by Gasteiger charge is 2.00. The molecule has 0 aromatic carbocycles. The highest BCUT2D eigenvalue weighted by atomic mass is 16.1. The van der Waals surface area contributed by atoms with E-state index in [2.05, 4.69) is 19.2 Å². The summed E-state index contributed by atoms with van der Waals surface area (Å²) in [5.74, 6) is 0.733. The SMILES string of the molecule is CCn1ccn(CCNCCC(C)C)c1=O. The molecular weight excluding hydrogens is 202 g/mol. The van der Waals surface area contributed by atoms with Crippen LogP contribution in [0.3, 0.4) is 0 Å². The van der Waals surface area contributed by atoms with Gasteiger partial charge in [-0.3, -0.25) is 9.13 Å². The Labute approximate surface area is 97.3 Å². The zero-order chi connectivity index (χ0) is 12.0. The standard InChI is InChI=1S/C12H23N3O/c1-4-14-9-10-15(12(14)16)8-7-13-6-5-11(2)3/h9-11,13H,4-8H2,1-3H3. The zero-order valence-electron chi connectivity index (χ0n) is 10.6. The summed E-state index contributed by atoms with van der Waals surface area (Å²) in [6, 6.07) is 0. The van der Waals surface area contributed by atoms with E-state index in [0.717, 1.165) is 32.1 Å². The lowest BCUT2D eigenvalue weighted by molar-refractivity contribution is 0.513. The first-order chi connectivity index (χ1) is 7.65. The molecule has 0 aliphatic carbocycles. The van der Waals surface area contributed by atoms with E-state index in [-0.39, 0.29) is 5.69 Å². The van der Waals surface area contributed by atoms with E-state index in [1.165, 1.54) is 6.42 Å². The lowest BCUT2D eigenvalue weighted by Crippen LogP contribution is -2.29. The second-order valence-corrected chi connectivity index (χ2v) is 4.49. The second-order valence-electron chi connectivity index (χ2n) is 4.49. The van der Waals surface area contributed by atoms with E-state index in [4.69, 9.17) is 0 Å². The maximum Gasteiger partial charge on any atom is 0.328 e. The largest absolute Gasteiger partial charge is 0.328 e. The number of hydrogen-bond donors (Lipinski definition) is 1. The Morgan fingerprint density at radius 3 is 2.50 bits per heavy atom. The maximum absolute atomic E-state index is 11.7. The van der Waals surface area contributed by atoms with Gasteiger partial charge in [-0.15, -0.1) is 0 Å². The van der Waals surface area contributed by atoms with E-state index < -0.39 is 0 Å². The van der Waals surface area contributed by atoms with Gasteiger partial charge in [0, 0.05) is 32.0 Å². The van der Waals surface area contributed by atoms with E-state index in [1.807, 2.05) is 19.3 Å². The Kier molecular flexibility index (Phi) is 5.32. The van der Waals surface area contributed by atoms with E-state index in [1.54, 1.807) is 9.13 Å². The van der Waals surface area contributed by atoms with Crippen molar-refractivity contribution in [3.05, 3.63) is 22.9 Å². The van der Waals surface area contributed by atoms with Crippen molar-refractivity contribution in [2.45, 2.75) is 40.3 Å². The molecule has 1 heterocycles. The van der Waals surface area contributed by atoms with Gasteiger partial charge in [0.2, 0.25) is 0 Å². The molecule has 0 aliphatic rings. The van der Waals surface area contributed by atoms with Crippen LogP contribution in [0.5, 0.6) is 0 Å². The van der Waals surface area contributed by atoms with Crippen LogP contribution in [0.4, 0.5) is 0 Å². The number of aryl methyl sites for hydroxylation is 1. The molecule has 4 heteroatoms. The van der Waals surface area contributed by atoms with Gasteiger partial charge in [0.05, 0.1) is 0 Å². The number of rotatable bonds is 7. The average Bonchev–Trinajstić information content (AvgIpc) is 2.59. The van der Waals surface area contributed by atoms with Crippen molar-refractivity contribution >= 4 is 0 Å². The Hall–Kier alpha value is -1.03. The minimum Gasteiger partial charge on any atom is -0.315 e. The molecule has 0 aliphatic heterocycles. The van der Waals surface area contributed by atoms with Gasteiger partial charge in [0.25, 0.3) is 0 Å². The monoisotopic (exact) mass is 225 g/mol. The van der Waals surface area contributed by atoms with Gasteiger partial charge in [-0.05, 0) is 25.8 Å². The van der Waals surface area contributed by atoms with E-state index in [0.29, 0.717) is 0 Å². The second kappa shape index (κ2) is 6.53. The molecule has 1 aromatic rings. The summed E-state index contributed by atoms with van der Waals surface area (Å²) < 4.78 is 3.47. The van der Waals surface area contributed by atoms with Gasteiger partial charge >= 0.3 is 5.69 Å². The first kappa shape index (κ1) is 13.0. The summed E-state index contributed by atoms with van der Waals surface area (Å²) >= 11 is 0. The fourth-order valence-electron chi connectivity index (χ4n) is 1.58. The van der Waals surface area contributed by atoms with Crippen LogP contribution < -0.4 is 11.0 Å². The number of imidazole rings is 1. The van der Waals surface area contributed by atoms with Crippen LogP contribution in [0.25, 0.3) is 0 Å². The third-order valence-electron chi connectivity index (χ3n) is 2.69. The van der Waals surface area contributed by atoms with Crippen LogP contribution in [-0.4, -0.2) is 22.2 Å². The lowest BCUT2D eigenvalue weighted by Gasteiger charge is -2.06. The molecule has 0 amide bonds. The average molecular weight is 225 g/mol. The van der Waals surface area contributed by atoms with Crippen molar-refractivity contribution in [2.75, 3.05) is 13.1 Å². The fraction of sp³-hybridized carbons (Fsp3) is 0.750. The van der Waals surface area contributed by atoms with Crippen molar-refractivity contribution < 1.29 is 0 Å². The van der Waals surface area contributed by atoms with Gasteiger partial charge in [-0.2, -0.15) is 0 Å². The molecule has 1 rings (SSSR count). The summed E-state index contributed by atoms with van der Waals surface area (Å²) in [5.41, 5.74) is 0.0909. The molecule has 92 valence electrons. The molecule has 1 aromatic heterocycles. The smallest absolute Gasteiger partial charge is 0.315 e. The van der Waals surface area contributed by atoms with Crippen LogP contribution in [0, 0.1) is 5.92 Å². The van der Waals surface area contributed by atoms with Gasteiger partial charge in [0.15, 0.2) is 0 Å². The Morgan fingerprint density at radius 1 is 1.25 bits per heavy atom. The minimum atomic E-state index is 0.0909. The van der Waals surface area contributed by atoms with Crippen molar-refractivity contribution in [1.29, 1.82) is 0 Å². The molecule has 0 radical (unpaired) electrons. The summed E-state index contributed by atoms with van der Waals surface area (Å²) in [6.07, 6.45) is 4.89. The van der Waals surface area contributed by atoms with Crippen LogP contribution in [0.2, 0.25) is 0 Å². The predicted molar refractivity (Wildman–Crippen MR) is 66.7 cm³/mol. The van der Waals surface area contributed by atoms with Gasteiger partial charge in [-0.25, -0.2) is 4.79 Å². The third kappa shape index (κ3) is 3.85. The molecule has 0 saturated heterocycles. The fourth-order valence-corrected chi connectivity index (χ4v) is 1.58. The number of hydrogen-bond acceptors (Lipinski definition) is 2. The van der Waals surface area contributed by atoms with Gasteiger partial charge in [-0.1, -0.05) is 13.8 Å². The van der Waals surface area contributed by atoms with Gasteiger partial charge < -0.3 is 5.32 Å². The summed E-state index contributed by atoms with van der Waals surface area (Å²) in [5, 5.41) is 3.35. The topological polar surface area (TPSA) is 39.0 Å². The molecule has 16 heavy (non-hydrogen) atoms. The Morgan fingerprint density at radius 2 is 1.94 bits per heavy atom. The summed E-state index contributed by atoms with van der Waals surface area (Å²) in [7, 11) is 0. The lowest BCUT2D eigenvalue weighted by atomic mass is 10.1. The number of nitrogens with zero attached hydrogens (tertiary/aromatic N) is 2. The van der Waals surface area contributed by atoms with Crippen LogP contribution in [-0.2, 0) is 13.1 Å². The summed E-state index contributed by atoms with van der Waals surface area (Å²) in [6.45, 7) is 9.80. The van der Waals surface area contributed by atoms with E-state index >= 15 is 0 Å². The molecular formula is C12H23N3O. The van der Waals surface area contributed by atoms with Crippen molar-refractivity contribution in [3.8, 4) is 0 Å². The molecule has 0 fully saturated rings. The molecule has 1 N–H and O–H groups in total. The quantitative estimate of drug-likeness (QED) is 0.711. The third-order valence-corrected chi connectivity index (χ3v) is 2.69. The van der Waals surface area contributed by atoms with Crippen molar-refractivity contribution in [2.24, 2.45) is 5.92 Å². The van der Waals surface area contributed by atoms with Crippen LogP contribution >= 0.6 is 0 Å². The Balaban J connectivity index is 2.27. The number of nitrogens with one attached hydrogen (secondary N) is 1. The summed E-state index contributed by atoms with van der Waals surface area (Å²) in [4.78, 5) is 11.7.